The van der Waals surface area contributed by atoms with E-state index < -0.39 is 0 Å². The van der Waals surface area contributed by atoms with Gasteiger partial charge in [-0.25, -0.2) is 4.68 Å². The first-order chi connectivity index (χ1) is 14.1. The van der Waals surface area contributed by atoms with Gasteiger partial charge in [-0.1, -0.05) is 44.2 Å². The number of nitrogens with zero attached hydrogens (tertiary/aromatic N) is 3. The second kappa shape index (κ2) is 8.21. The van der Waals surface area contributed by atoms with Gasteiger partial charge in [-0.3, -0.25) is 14.0 Å². The molecule has 6 nitrogen and oxygen atoms in total. The number of aryl methyl sites for hydroxylation is 1. The van der Waals surface area contributed by atoms with Crippen LogP contribution in [0.1, 0.15) is 31.7 Å². The summed E-state index contributed by atoms with van der Waals surface area (Å²) >= 11 is 1.60. The number of benzene rings is 1. The molecule has 0 unspecified atom stereocenters. The van der Waals surface area contributed by atoms with E-state index in [2.05, 4.69) is 22.5 Å². The summed E-state index contributed by atoms with van der Waals surface area (Å²) in [6, 6.07) is 14.0. The van der Waals surface area contributed by atoms with Crippen LogP contribution in [-0.4, -0.2) is 26.1 Å². The Bertz CT molecular complexity index is 1210. The molecule has 4 aromatic rings. The molecule has 0 aliphatic heterocycles. The molecule has 0 aliphatic carbocycles. The number of hydrogen-bond acceptors (Lipinski definition) is 4. The second-order valence-electron chi connectivity index (χ2n) is 7.13. The van der Waals surface area contributed by atoms with E-state index in [1.165, 1.54) is 10.2 Å². The molecule has 4 rings (SSSR count). The van der Waals surface area contributed by atoms with Crippen molar-refractivity contribution in [3.63, 3.8) is 0 Å². The molecule has 1 aromatic carbocycles. The summed E-state index contributed by atoms with van der Waals surface area (Å²) in [5.74, 6) is 0.583. The maximum absolute atomic E-state index is 13.0. The molecule has 29 heavy (non-hydrogen) atoms. The Morgan fingerprint density at radius 3 is 2.69 bits per heavy atom. The summed E-state index contributed by atoms with van der Waals surface area (Å²) in [5.41, 5.74) is 2.51. The average Bonchev–Trinajstić information content (AvgIpc) is 3.32. The van der Waals surface area contributed by atoms with E-state index in [0.717, 1.165) is 28.9 Å². The summed E-state index contributed by atoms with van der Waals surface area (Å²) in [7, 11) is 0. The summed E-state index contributed by atoms with van der Waals surface area (Å²) in [6.45, 7) is 3.97. The van der Waals surface area contributed by atoms with Gasteiger partial charge in [0.15, 0.2) is 0 Å². The van der Waals surface area contributed by atoms with Crippen LogP contribution >= 0.6 is 11.3 Å². The summed E-state index contributed by atoms with van der Waals surface area (Å²) < 4.78 is 4.25. The van der Waals surface area contributed by atoms with Crippen LogP contribution in [0.4, 0.5) is 0 Å². The fraction of sp³-hybridized carbons (Fsp3) is 0.318. The maximum atomic E-state index is 13.0. The van der Waals surface area contributed by atoms with Gasteiger partial charge in [-0.2, -0.15) is 5.10 Å². The molecule has 1 N–H and O–H groups in total. The molecule has 1 amide bonds. The SMILES string of the molecule is CCc1nn(CC(=O)N[C@H](CC)Cc2ccccc2)c(=O)c2cc3sccc3n12. The smallest absolute Gasteiger partial charge is 0.291 e. The van der Waals surface area contributed by atoms with Gasteiger partial charge in [-0.05, 0) is 35.9 Å². The van der Waals surface area contributed by atoms with Gasteiger partial charge in [0.2, 0.25) is 5.91 Å². The minimum absolute atomic E-state index is 0.0219. The Hall–Kier alpha value is -2.93. The summed E-state index contributed by atoms with van der Waals surface area (Å²) in [6.07, 6.45) is 2.25. The van der Waals surface area contributed by atoms with E-state index in [0.29, 0.717) is 11.9 Å². The molecule has 0 fully saturated rings. The third-order valence-electron chi connectivity index (χ3n) is 5.16. The van der Waals surface area contributed by atoms with Gasteiger partial charge in [0.25, 0.3) is 5.56 Å². The van der Waals surface area contributed by atoms with Crippen LogP contribution in [0.15, 0.2) is 52.6 Å². The summed E-state index contributed by atoms with van der Waals surface area (Å²) in [5, 5.41) is 9.55. The number of amides is 1. The van der Waals surface area contributed by atoms with E-state index >= 15 is 0 Å². The lowest BCUT2D eigenvalue weighted by Gasteiger charge is -2.17. The van der Waals surface area contributed by atoms with Gasteiger partial charge in [-0.15, -0.1) is 11.3 Å². The number of carbonyl (C=O) groups excluding carboxylic acids is 1. The number of hydrogen-bond donors (Lipinski definition) is 1. The average molecular weight is 409 g/mol. The molecule has 0 radical (unpaired) electrons. The van der Waals surface area contributed by atoms with Crippen LogP contribution in [0, 0.1) is 0 Å². The lowest BCUT2D eigenvalue weighted by molar-refractivity contribution is -0.122. The van der Waals surface area contributed by atoms with E-state index in [9.17, 15) is 9.59 Å². The first-order valence-electron chi connectivity index (χ1n) is 9.92. The van der Waals surface area contributed by atoms with Gasteiger partial charge in [0, 0.05) is 12.5 Å². The van der Waals surface area contributed by atoms with Crippen LogP contribution < -0.4 is 10.9 Å². The highest BCUT2D eigenvalue weighted by Gasteiger charge is 2.17. The Morgan fingerprint density at radius 1 is 1.17 bits per heavy atom. The van der Waals surface area contributed by atoms with Crippen LogP contribution in [0.2, 0.25) is 0 Å². The Balaban J connectivity index is 1.57. The van der Waals surface area contributed by atoms with E-state index in [1.807, 2.05) is 54.0 Å². The van der Waals surface area contributed by atoms with E-state index in [4.69, 9.17) is 0 Å². The molecule has 0 aliphatic rings. The van der Waals surface area contributed by atoms with Crippen LogP contribution in [0.25, 0.3) is 15.7 Å². The highest BCUT2D eigenvalue weighted by atomic mass is 32.1. The highest BCUT2D eigenvalue weighted by molar-refractivity contribution is 7.17. The normalized spacial score (nSPS) is 12.5. The maximum Gasteiger partial charge on any atom is 0.291 e. The van der Waals surface area contributed by atoms with E-state index in [1.54, 1.807) is 11.3 Å². The Labute approximate surface area is 172 Å². The molecule has 3 heterocycles. The zero-order chi connectivity index (χ0) is 20.4. The molecular formula is C22H24N4O2S. The Morgan fingerprint density at radius 2 is 1.97 bits per heavy atom. The van der Waals surface area contributed by atoms with Crippen molar-refractivity contribution in [1.82, 2.24) is 19.5 Å². The van der Waals surface area contributed by atoms with Crippen molar-refractivity contribution in [2.24, 2.45) is 0 Å². The van der Waals surface area contributed by atoms with Gasteiger partial charge < -0.3 is 5.32 Å². The molecule has 1 atom stereocenters. The predicted molar refractivity (Wildman–Crippen MR) is 117 cm³/mol. The number of thiophene rings is 1. The third-order valence-corrected chi connectivity index (χ3v) is 6.02. The van der Waals surface area contributed by atoms with Crippen molar-refractivity contribution in [3.8, 4) is 0 Å². The summed E-state index contributed by atoms with van der Waals surface area (Å²) in [4.78, 5) is 25.6. The van der Waals surface area contributed by atoms with Crippen molar-refractivity contribution in [3.05, 3.63) is 69.6 Å². The molecule has 0 spiro atoms. The van der Waals surface area contributed by atoms with Crippen molar-refractivity contribution in [2.45, 2.75) is 45.7 Å². The van der Waals surface area contributed by atoms with Crippen molar-refractivity contribution in [1.29, 1.82) is 0 Å². The van der Waals surface area contributed by atoms with Crippen molar-refractivity contribution < 1.29 is 4.79 Å². The van der Waals surface area contributed by atoms with Crippen molar-refractivity contribution >= 4 is 33.0 Å². The third kappa shape index (κ3) is 3.82. The minimum atomic E-state index is -0.239. The first kappa shape index (κ1) is 19.4. The number of aromatic nitrogens is 3. The van der Waals surface area contributed by atoms with Gasteiger partial charge >= 0.3 is 0 Å². The monoisotopic (exact) mass is 408 g/mol. The van der Waals surface area contributed by atoms with Crippen molar-refractivity contribution in [2.75, 3.05) is 0 Å². The molecule has 0 bridgehead atoms. The molecule has 3 aromatic heterocycles. The van der Waals surface area contributed by atoms with Crippen LogP contribution in [-0.2, 0) is 24.2 Å². The molecule has 0 saturated carbocycles. The minimum Gasteiger partial charge on any atom is -0.351 e. The zero-order valence-electron chi connectivity index (χ0n) is 16.6. The fourth-order valence-corrected chi connectivity index (χ4v) is 4.47. The first-order valence-corrected chi connectivity index (χ1v) is 10.8. The van der Waals surface area contributed by atoms with Crippen LogP contribution in [0.5, 0.6) is 0 Å². The lowest BCUT2D eigenvalue weighted by atomic mass is 10.0. The fourth-order valence-electron chi connectivity index (χ4n) is 3.66. The zero-order valence-corrected chi connectivity index (χ0v) is 17.4. The molecule has 150 valence electrons. The largest absolute Gasteiger partial charge is 0.351 e. The van der Waals surface area contributed by atoms with Gasteiger partial charge in [0.1, 0.15) is 17.9 Å². The van der Waals surface area contributed by atoms with Gasteiger partial charge in [0.05, 0.1) is 10.2 Å². The number of rotatable bonds is 7. The quantitative estimate of drug-likeness (QED) is 0.510. The van der Waals surface area contributed by atoms with E-state index in [-0.39, 0.29) is 24.1 Å². The second-order valence-corrected chi connectivity index (χ2v) is 8.08. The number of fused-ring (bicyclic) bond motifs is 3. The molecule has 7 heteroatoms. The topological polar surface area (TPSA) is 68.4 Å². The molecular weight excluding hydrogens is 384 g/mol. The van der Waals surface area contributed by atoms with Crippen LogP contribution in [0.3, 0.4) is 0 Å². The lowest BCUT2D eigenvalue weighted by Crippen LogP contribution is -2.40. The standard InChI is InChI=1S/C22H24N4O2S/c1-3-16(12-15-8-6-5-7-9-15)23-21(27)14-25-22(28)18-13-19-17(10-11-29-19)26(18)20(4-2)24-25/h5-11,13,16H,3-4,12,14H2,1-2H3,(H,23,27)/t16-/m1/s1. The molecule has 0 saturated heterocycles. The highest BCUT2D eigenvalue weighted by Crippen LogP contribution is 2.24. The Kier molecular flexibility index (Phi) is 5.49. The number of nitrogens with one attached hydrogen (secondary N) is 1. The predicted octanol–water partition coefficient (Wildman–Crippen LogP) is 3.41. The number of carbonyl (C=O) groups is 1.